The second-order valence-corrected chi connectivity index (χ2v) is 5.64. The van der Waals surface area contributed by atoms with Crippen molar-refractivity contribution >= 4 is 10.8 Å². The van der Waals surface area contributed by atoms with Crippen LogP contribution < -0.4 is 10.5 Å². The van der Waals surface area contributed by atoms with Gasteiger partial charge in [-0.05, 0) is 22.9 Å². The number of hydrogen-bond donors (Lipinski definition) is 1. The normalized spacial score (nSPS) is 16.4. The minimum absolute atomic E-state index is 0.0218. The van der Waals surface area contributed by atoms with Crippen LogP contribution in [0.5, 0.6) is 5.75 Å². The van der Waals surface area contributed by atoms with Crippen molar-refractivity contribution in [3.8, 4) is 11.8 Å². The van der Waals surface area contributed by atoms with Gasteiger partial charge < -0.3 is 10.5 Å². The summed E-state index contributed by atoms with van der Waals surface area (Å²) in [5.41, 5.74) is 7.35. The average Bonchev–Trinajstić information content (AvgIpc) is 2.61. The molecule has 4 heteroatoms. The fourth-order valence-corrected chi connectivity index (χ4v) is 3.26. The molecule has 0 aliphatic carbocycles. The van der Waals surface area contributed by atoms with Crippen molar-refractivity contribution in [2.75, 3.05) is 0 Å². The van der Waals surface area contributed by atoms with Gasteiger partial charge in [-0.25, -0.2) is 4.39 Å². The van der Waals surface area contributed by atoms with E-state index < -0.39 is 5.92 Å². The van der Waals surface area contributed by atoms with Crippen molar-refractivity contribution in [2.45, 2.75) is 5.92 Å². The third kappa shape index (κ3) is 2.03. The van der Waals surface area contributed by atoms with Crippen LogP contribution in [0.25, 0.3) is 10.8 Å². The van der Waals surface area contributed by atoms with Crippen molar-refractivity contribution < 1.29 is 9.13 Å². The van der Waals surface area contributed by atoms with Crippen molar-refractivity contribution in [3.05, 3.63) is 89.1 Å². The molecule has 0 amide bonds. The summed E-state index contributed by atoms with van der Waals surface area (Å²) in [6, 6.07) is 20.1. The SMILES string of the molecule is N#CC1=C(N)Oc2ccc3ccccc3c2C1c1ccccc1F. The number of hydrogen-bond acceptors (Lipinski definition) is 3. The summed E-state index contributed by atoms with van der Waals surface area (Å²) in [6.07, 6.45) is 0. The maximum absolute atomic E-state index is 14.5. The zero-order chi connectivity index (χ0) is 16.7. The number of nitriles is 1. The van der Waals surface area contributed by atoms with Crippen LogP contribution in [-0.2, 0) is 0 Å². The Morgan fingerprint density at radius 2 is 1.75 bits per heavy atom. The fraction of sp³-hybridized carbons (Fsp3) is 0.0500. The minimum Gasteiger partial charge on any atom is -0.440 e. The highest BCUT2D eigenvalue weighted by molar-refractivity contribution is 5.90. The lowest BCUT2D eigenvalue weighted by molar-refractivity contribution is 0.394. The molecule has 0 saturated carbocycles. The van der Waals surface area contributed by atoms with Gasteiger partial charge in [0.05, 0.1) is 5.92 Å². The molecule has 0 aromatic heterocycles. The zero-order valence-electron chi connectivity index (χ0n) is 12.7. The molecule has 3 nitrogen and oxygen atoms in total. The third-order valence-electron chi connectivity index (χ3n) is 4.33. The molecule has 0 radical (unpaired) electrons. The van der Waals surface area contributed by atoms with Gasteiger partial charge in [-0.15, -0.1) is 0 Å². The highest BCUT2D eigenvalue weighted by atomic mass is 19.1. The number of ether oxygens (including phenoxy) is 1. The summed E-state index contributed by atoms with van der Waals surface area (Å²) in [4.78, 5) is 0. The molecule has 24 heavy (non-hydrogen) atoms. The van der Waals surface area contributed by atoms with E-state index in [0.717, 1.165) is 16.3 Å². The van der Waals surface area contributed by atoms with Gasteiger partial charge in [-0.1, -0.05) is 48.5 Å². The average molecular weight is 316 g/mol. The van der Waals surface area contributed by atoms with Crippen LogP contribution >= 0.6 is 0 Å². The maximum Gasteiger partial charge on any atom is 0.205 e. The van der Waals surface area contributed by atoms with Crippen LogP contribution in [-0.4, -0.2) is 0 Å². The summed E-state index contributed by atoms with van der Waals surface area (Å²) in [5.74, 6) is -0.387. The van der Waals surface area contributed by atoms with Gasteiger partial charge in [0.1, 0.15) is 23.2 Å². The van der Waals surface area contributed by atoms with E-state index in [1.54, 1.807) is 18.2 Å². The van der Waals surface area contributed by atoms with E-state index in [2.05, 4.69) is 6.07 Å². The first-order valence-corrected chi connectivity index (χ1v) is 7.54. The van der Waals surface area contributed by atoms with Crippen LogP contribution in [0.2, 0.25) is 0 Å². The molecule has 0 fully saturated rings. The van der Waals surface area contributed by atoms with Crippen LogP contribution in [0, 0.1) is 17.1 Å². The van der Waals surface area contributed by atoms with Crippen LogP contribution in [0.4, 0.5) is 4.39 Å². The molecule has 2 N–H and O–H groups in total. The van der Waals surface area contributed by atoms with E-state index in [0.29, 0.717) is 11.3 Å². The summed E-state index contributed by atoms with van der Waals surface area (Å²) in [6.45, 7) is 0. The molecule has 1 unspecified atom stereocenters. The molecule has 3 aromatic rings. The summed E-state index contributed by atoms with van der Waals surface area (Å²) in [7, 11) is 0. The van der Waals surface area contributed by atoms with E-state index in [1.165, 1.54) is 6.07 Å². The van der Waals surface area contributed by atoms with Crippen molar-refractivity contribution in [3.63, 3.8) is 0 Å². The molecular weight excluding hydrogens is 303 g/mol. The Labute approximate surface area is 138 Å². The van der Waals surface area contributed by atoms with Crippen molar-refractivity contribution in [2.24, 2.45) is 5.73 Å². The number of rotatable bonds is 1. The Kier molecular flexibility index (Phi) is 3.21. The van der Waals surface area contributed by atoms with Crippen molar-refractivity contribution in [1.29, 1.82) is 5.26 Å². The Morgan fingerprint density at radius 1 is 1.00 bits per heavy atom. The summed E-state index contributed by atoms with van der Waals surface area (Å²) < 4.78 is 20.1. The molecule has 116 valence electrons. The van der Waals surface area contributed by atoms with Crippen molar-refractivity contribution in [1.82, 2.24) is 0 Å². The monoisotopic (exact) mass is 316 g/mol. The predicted octanol–water partition coefficient (Wildman–Crippen LogP) is 4.20. The second kappa shape index (κ2) is 5.39. The van der Waals surface area contributed by atoms with Crippen LogP contribution in [0.3, 0.4) is 0 Å². The van der Waals surface area contributed by atoms with E-state index in [9.17, 15) is 9.65 Å². The molecule has 1 heterocycles. The molecule has 0 spiro atoms. The first-order chi connectivity index (χ1) is 11.7. The summed E-state index contributed by atoms with van der Waals surface area (Å²) in [5, 5.41) is 11.5. The Balaban J connectivity index is 2.10. The standard InChI is InChI=1S/C20H13FN2O/c21-16-8-4-3-7-14(16)18-15(11-22)20(23)24-17-10-9-12-5-1-2-6-13(12)19(17)18/h1-10,18H,23H2. The quantitative estimate of drug-likeness (QED) is 0.732. The molecule has 4 rings (SSSR count). The summed E-state index contributed by atoms with van der Waals surface area (Å²) >= 11 is 0. The molecule has 1 aliphatic heterocycles. The Hall–Kier alpha value is -3.32. The molecule has 0 bridgehead atoms. The van der Waals surface area contributed by atoms with E-state index in [4.69, 9.17) is 10.5 Å². The Bertz CT molecular complexity index is 1030. The van der Waals surface area contributed by atoms with E-state index in [-0.39, 0.29) is 17.3 Å². The molecular formula is C20H13FN2O. The van der Waals surface area contributed by atoms with Gasteiger partial charge in [0.25, 0.3) is 0 Å². The maximum atomic E-state index is 14.5. The lowest BCUT2D eigenvalue weighted by Crippen LogP contribution is -2.21. The van der Waals surface area contributed by atoms with Gasteiger partial charge >= 0.3 is 0 Å². The van der Waals surface area contributed by atoms with Gasteiger partial charge in [0.15, 0.2) is 0 Å². The molecule has 3 aromatic carbocycles. The van der Waals surface area contributed by atoms with Gasteiger partial charge in [-0.2, -0.15) is 5.26 Å². The first kappa shape index (κ1) is 14.3. The predicted molar refractivity (Wildman–Crippen MR) is 89.6 cm³/mol. The highest BCUT2D eigenvalue weighted by Crippen LogP contribution is 2.45. The minimum atomic E-state index is -0.592. The number of fused-ring (bicyclic) bond motifs is 3. The molecule has 1 aliphatic rings. The van der Waals surface area contributed by atoms with Crippen LogP contribution in [0.15, 0.2) is 72.1 Å². The number of benzene rings is 3. The van der Waals surface area contributed by atoms with Gasteiger partial charge in [-0.3, -0.25) is 0 Å². The zero-order valence-corrected chi connectivity index (χ0v) is 12.7. The smallest absolute Gasteiger partial charge is 0.205 e. The van der Waals surface area contributed by atoms with E-state index >= 15 is 0 Å². The number of allylic oxidation sites excluding steroid dienone is 1. The number of halogens is 1. The lowest BCUT2D eigenvalue weighted by Gasteiger charge is -2.28. The first-order valence-electron chi connectivity index (χ1n) is 7.54. The van der Waals surface area contributed by atoms with E-state index in [1.807, 2.05) is 36.4 Å². The highest BCUT2D eigenvalue weighted by Gasteiger charge is 2.33. The molecule has 0 saturated heterocycles. The molecule has 1 atom stereocenters. The lowest BCUT2D eigenvalue weighted by atomic mass is 9.81. The second-order valence-electron chi connectivity index (χ2n) is 5.64. The topological polar surface area (TPSA) is 59.0 Å². The Morgan fingerprint density at radius 3 is 2.54 bits per heavy atom. The number of nitrogens with two attached hydrogens (primary N) is 1. The number of nitrogens with zero attached hydrogens (tertiary/aromatic N) is 1. The van der Waals surface area contributed by atoms with Gasteiger partial charge in [0, 0.05) is 11.1 Å². The fourth-order valence-electron chi connectivity index (χ4n) is 3.26. The third-order valence-corrected chi connectivity index (χ3v) is 4.33. The van der Waals surface area contributed by atoms with Gasteiger partial charge in [0.2, 0.25) is 5.88 Å². The van der Waals surface area contributed by atoms with Crippen LogP contribution in [0.1, 0.15) is 17.0 Å². The largest absolute Gasteiger partial charge is 0.440 e.